The van der Waals surface area contributed by atoms with Crippen LogP contribution < -0.4 is 0 Å². The van der Waals surface area contributed by atoms with Gasteiger partial charge in [0.15, 0.2) is 17.5 Å². The molecule has 11 aromatic carbocycles. The van der Waals surface area contributed by atoms with Gasteiger partial charge in [0.2, 0.25) is 0 Å². The molecule has 14 aromatic rings. The zero-order valence-electron chi connectivity index (χ0n) is 43.0. The fourth-order valence-corrected chi connectivity index (χ4v) is 14.8. The number of para-hydroxylation sites is 2. The van der Waals surface area contributed by atoms with E-state index >= 15 is 0 Å². The van der Waals surface area contributed by atoms with Gasteiger partial charge in [-0.15, -0.1) is 22.7 Å². The second-order valence-electron chi connectivity index (χ2n) is 20.7. The Kier molecular flexibility index (Phi) is 10.7. The van der Waals surface area contributed by atoms with Crippen molar-refractivity contribution in [2.24, 2.45) is 0 Å². The summed E-state index contributed by atoms with van der Waals surface area (Å²) in [5.41, 5.74) is 19.8. The van der Waals surface area contributed by atoms with Crippen molar-refractivity contribution in [3.63, 3.8) is 0 Å². The molecule has 0 N–H and O–H groups in total. The van der Waals surface area contributed by atoms with E-state index in [1.54, 1.807) is 22.7 Å². The van der Waals surface area contributed by atoms with Gasteiger partial charge < -0.3 is 0 Å². The van der Waals surface area contributed by atoms with E-state index in [4.69, 9.17) is 24.9 Å². The van der Waals surface area contributed by atoms with Crippen molar-refractivity contribution in [3.8, 4) is 77.6 Å². The van der Waals surface area contributed by atoms with E-state index in [1.165, 1.54) is 61.2 Å². The summed E-state index contributed by atoms with van der Waals surface area (Å²) >= 11 is 3.37. The Morgan fingerprint density at radius 2 is 0.600 bits per heavy atom. The molecule has 7 heteroatoms. The molecule has 0 atom stereocenters. The van der Waals surface area contributed by atoms with Crippen molar-refractivity contribution in [1.82, 2.24) is 24.9 Å². The molecule has 16 rings (SSSR count). The molecule has 0 saturated heterocycles. The minimum atomic E-state index is -0.613. The SMILES string of the molecule is c1ccc(C2(c3ccccc3)c3ccccc3-c3cc(-c4nc(-c5cc(-c6nc7ccccc7s6)cc(-c6nc7ccccc7s6)c5)nc(-c5ccc6c(c5)C(c5ccccc5)(c5ccccc5)c5ccccc5-6)n4)ccc32)cc1. The monoisotopic (exact) mass is 1060 g/mol. The highest BCUT2D eigenvalue weighted by Crippen LogP contribution is 2.58. The quantitative estimate of drug-likeness (QED) is 0.144. The van der Waals surface area contributed by atoms with Crippen molar-refractivity contribution in [2.45, 2.75) is 10.8 Å². The van der Waals surface area contributed by atoms with Crippen LogP contribution in [0.4, 0.5) is 0 Å². The van der Waals surface area contributed by atoms with Gasteiger partial charge >= 0.3 is 0 Å². The lowest BCUT2D eigenvalue weighted by Crippen LogP contribution is -2.28. The Labute approximate surface area is 471 Å². The first-order valence-corrected chi connectivity index (χ1v) is 28.6. The van der Waals surface area contributed by atoms with Gasteiger partial charge in [0.25, 0.3) is 0 Å². The summed E-state index contributed by atoms with van der Waals surface area (Å²) in [6, 6.07) is 98.4. The van der Waals surface area contributed by atoms with Crippen LogP contribution in [0.25, 0.3) is 98.0 Å². The molecule has 2 aliphatic rings. The number of hydrogen-bond acceptors (Lipinski definition) is 7. The molecule has 0 fully saturated rings. The van der Waals surface area contributed by atoms with Crippen molar-refractivity contribution in [3.05, 3.63) is 317 Å². The second kappa shape index (κ2) is 18.4. The van der Waals surface area contributed by atoms with Crippen molar-refractivity contribution in [1.29, 1.82) is 0 Å². The maximum absolute atomic E-state index is 5.58. The Bertz CT molecular complexity index is 4490. The van der Waals surface area contributed by atoms with E-state index in [0.29, 0.717) is 17.5 Å². The molecule has 3 heterocycles. The lowest BCUT2D eigenvalue weighted by molar-refractivity contribution is 0.768. The summed E-state index contributed by atoms with van der Waals surface area (Å²) in [5, 5.41) is 1.83. The van der Waals surface area contributed by atoms with E-state index in [2.05, 4.69) is 261 Å². The van der Waals surface area contributed by atoms with Crippen LogP contribution in [0.5, 0.6) is 0 Å². The van der Waals surface area contributed by atoms with Crippen molar-refractivity contribution in [2.75, 3.05) is 0 Å². The summed E-state index contributed by atoms with van der Waals surface area (Å²) in [5.74, 6) is 1.71. The summed E-state index contributed by atoms with van der Waals surface area (Å²) in [4.78, 5) is 27.1. The van der Waals surface area contributed by atoms with Crippen LogP contribution in [0.15, 0.2) is 273 Å². The van der Waals surface area contributed by atoms with Gasteiger partial charge in [-0.25, -0.2) is 24.9 Å². The average molecular weight is 1060 g/mol. The fraction of sp³-hybridized carbons (Fsp3) is 0.0274. The van der Waals surface area contributed by atoms with Gasteiger partial charge in [-0.05, 0) is 121 Å². The van der Waals surface area contributed by atoms with Crippen LogP contribution in [0.3, 0.4) is 0 Å². The largest absolute Gasteiger partial charge is 0.236 e. The first kappa shape index (κ1) is 46.3. The highest BCUT2D eigenvalue weighted by atomic mass is 32.1. The van der Waals surface area contributed by atoms with Crippen molar-refractivity contribution >= 4 is 43.1 Å². The van der Waals surface area contributed by atoms with Crippen LogP contribution in [-0.2, 0) is 10.8 Å². The number of rotatable bonds is 9. The number of aromatic nitrogens is 5. The Morgan fingerprint density at radius 3 is 1.10 bits per heavy atom. The maximum atomic E-state index is 5.58. The first-order chi connectivity index (χ1) is 39.6. The number of fused-ring (bicyclic) bond motifs is 8. The van der Waals surface area contributed by atoms with Crippen LogP contribution in [0.2, 0.25) is 0 Å². The summed E-state index contributed by atoms with van der Waals surface area (Å²) in [6.45, 7) is 0. The predicted octanol–water partition coefficient (Wildman–Crippen LogP) is 18.2. The van der Waals surface area contributed by atoms with Gasteiger partial charge in [0.05, 0.1) is 31.3 Å². The van der Waals surface area contributed by atoms with Crippen LogP contribution in [0.1, 0.15) is 44.5 Å². The number of benzene rings is 11. The lowest BCUT2D eigenvalue weighted by atomic mass is 9.67. The molecule has 80 heavy (non-hydrogen) atoms. The standard InChI is InChI=1S/C73H45N5S2/c1-5-21-51(22-6-1)72(52-23-7-2-8-24-52)60-32-16-14-30-56(60)58-44-46(38-40-61(58)72)67-76-68(47-37-39-57-55-29-13-15-31-59(55)73(62(57)45-47,53-25-9-3-10-26-53)54-27-11-4-12-28-54)78-69(77-67)48-41-49(70-74-63-33-17-19-35-65(63)79-70)43-50(42-48)71-75-64-34-18-20-36-66(64)80-71/h1-45H. The van der Waals surface area contributed by atoms with E-state index in [1.807, 2.05) is 12.1 Å². The van der Waals surface area contributed by atoms with E-state index < -0.39 is 10.8 Å². The third kappa shape index (κ3) is 7.11. The molecular formula is C73H45N5S2. The highest BCUT2D eigenvalue weighted by Gasteiger charge is 2.47. The predicted molar refractivity (Wildman–Crippen MR) is 328 cm³/mol. The van der Waals surface area contributed by atoms with Crippen LogP contribution in [0, 0.1) is 0 Å². The topological polar surface area (TPSA) is 64.5 Å². The van der Waals surface area contributed by atoms with Gasteiger partial charge in [0, 0.05) is 27.8 Å². The minimum Gasteiger partial charge on any atom is -0.236 e. The Balaban J connectivity index is 0.949. The molecule has 0 aliphatic heterocycles. The summed E-state index contributed by atoms with van der Waals surface area (Å²) < 4.78 is 2.25. The molecule has 0 bridgehead atoms. The molecule has 0 unspecified atom stereocenters. The molecule has 0 radical (unpaired) electrons. The molecule has 2 aliphatic carbocycles. The van der Waals surface area contributed by atoms with Crippen LogP contribution in [-0.4, -0.2) is 24.9 Å². The second-order valence-corrected chi connectivity index (χ2v) is 22.7. The van der Waals surface area contributed by atoms with E-state index in [9.17, 15) is 0 Å². The Hall–Kier alpha value is -9.79. The van der Waals surface area contributed by atoms with Gasteiger partial charge in [-0.1, -0.05) is 218 Å². The first-order valence-electron chi connectivity index (χ1n) is 27.0. The zero-order valence-corrected chi connectivity index (χ0v) is 44.7. The van der Waals surface area contributed by atoms with Gasteiger partial charge in [-0.3, -0.25) is 0 Å². The maximum Gasteiger partial charge on any atom is 0.164 e. The molecule has 5 nitrogen and oxygen atoms in total. The van der Waals surface area contributed by atoms with E-state index in [-0.39, 0.29) is 0 Å². The van der Waals surface area contributed by atoms with E-state index in [0.717, 1.165) is 63.8 Å². The van der Waals surface area contributed by atoms with Gasteiger partial charge in [0.1, 0.15) is 10.0 Å². The third-order valence-corrected chi connectivity index (χ3v) is 18.5. The number of thiazole rings is 2. The minimum absolute atomic E-state index is 0.549. The molecule has 0 amide bonds. The van der Waals surface area contributed by atoms with Crippen molar-refractivity contribution < 1.29 is 0 Å². The van der Waals surface area contributed by atoms with Crippen LogP contribution >= 0.6 is 22.7 Å². The third-order valence-electron chi connectivity index (χ3n) is 16.3. The smallest absolute Gasteiger partial charge is 0.164 e. The molecule has 0 spiro atoms. The average Bonchev–Trinajstić information content (AvgIpc) is 4.35. The zero-order chi connectivity index (χ0) is 52.8. The fourth-order valence-electron chi connectivity index (χ4n) is 12.9. The summed E-state index contributed by atoms with van der Waals surface area (Å²) in [7, 11) is 0. The normalized spacial score (nSPS) is 13.4. The molecule has 374 valence electrons. The highest BCUT2D eigenvalue weighted by molar-refractivity contribution is 7.22. The molecular weight excluding hydrogens is 1010 g/mol. The summed E-state index contributed by atoms with van der Waals surface area (Å²) in [6.07, 6.45) is 0. The Morgan fingerprint density at radius 1 is 0.237 bits per heavy atom. The number of nitrogens with zero attached hydrogens (tertiary/aromatic N) is 5. The molecule has 0 saturated carbocycles. The number of hydrogen-bond donors (Lipinski definition) is 0. The lowest BCUT2D eigenvalue weighted by Gasteiger charge is -2.34. The van der Waals surface area contributed by atoms with Gasteiger partial charge in [-0.2, -0.15) is 0 Å². The molecule has 3 aromatic heterocycles.